The molecule has 4 nitrogen and oxygen atoms in total. The van der Waals surface area contributed by atoms with Gasteiger partial charge in [-0.2, -0.15) is 5.26 Å². The normalized spacial score (nSPS) is 5.22. The smallest absolute Gasteiger partial charge is 1.00 e. The zero-order valence-electron chi connectivity index (χ0n) is 4.81. The van der Waals surface area contributed by atoms with Crippen molar-refractivity contribution in [1.29, 1.82) is 10.7 Å². The summed E-state index contributed by atoms with van der Waals surface area (Å²) >= 11 is 0.722. The number of thiocyanates is 1. The van der Waals surface area contributed by atoms with E-state index in [1.165, 1.54) is 0 Å². The summed E-state index contributed by atoms with van der Waals surface area (Å²) in [6, 6.07) is 0. The first-order valence-corrected chi connectivity index (χ1v) is 2.24. The SMILES string of the molecule is N#CSNC(=N)N.[Cl-].[Cs+]. The molecule has 0 aliphatic carbocycles. The Hall–Kier alpha value is 1.45. The fraction of sp³-hybridized carbons (Fsp3) is 0. The summed E-state index contributed by atoms with van der Waals surface area (Å²) in [7, 11) is 0. The molecule has 46 valence electrons. The van der Waals surface area contributed by atoms with Gasteiger partial charge in [0.2, 0.25) is 0 Å². The van der Waals surface area contributed by atoms with E-state index in [0.29, 0.717) is 0 Å². The van der Waals surface area contributed by atoms with Crippen LogP contribution in [0, 0.1) is 16.1 Å². The topological polar surface area (TPSA) is 85.7 Å². The number of hydrogen-bond acceptors (Lipinski definition) is 3. The Labute approximate surface area is 123 Å². The van der Waals surface area contributed by atoms with Gasteiger partial charge in [-0.1, -0.05) is 0 Å². The Morgan fingerprint density at radius 3 is 2.33 bits per heavy atom. The predicted molar refractivity (Wildman–Crippen MR) is 28.3 cm³/mol. The second kappa shape index (κ2) is 12.2. The molecule has 0 rings (SSSR count). The molecule has 0 aliphatic rings. The van der Waals surface area contributed by atoms with Crippen LogP contribution < -0.4 is 91.8 Å². The van der Waals surface area contributed by atoms with Crippen LogP contribution in [0.1, 0.15) is 0 Å². The molecule has 0 amide bonds. The summed E-state index contributed by atoms with van der Waals surface area (Å²) in [5, 5.41) is 16.0. The summed E-state index contributed by atoms with van der Waals surface area (Å²) < 4.78 is 2.21. The Morgan fingerprint density at radius 1 is 1.78 bits per heavy atom. The van der Waals surface area contributed by atoms with Crippen LogP contribution in [-0.4, -0.2) is 5.96 Å². The predicted octanol–water partition coefficient (Wildman–Crippen LogP) is -6.39. The maximum Gasteiger partial charge on any atom is 1.00 e. The van der Waals surface area contributed by atoms with E-state index in [9.17, 15) is 0 Å². The van der Waals surface area contributed by atoms with Crippen LogP contribution in [0.15, 0.2) is 0 Å². The second-order valence-electron chi connectivity index (χ2n) is 0.709. The van der Waals surface area contributed by atoms with Gasteiger partial charge in [0.05, 0.1) is 11.9 Å². The minimum Gasteiger partial charge on any atom is -1.00 e. The van der Waals surface area contributed by atoms with Crippen molar-refractivity contribution in [2.45, 2.75) is 0 Å². The summed E-state index contributed by atoms with van der Waals surface area (Å²) in [4.78, 5) is 0. The minimum absolute atomic E-state index is 0. The van der Waals surface area contributed by atoms with Gasteiger partial charge in [-0.15, -0.1) is 0 Å². The summed E-state index contributed by atoms with van der Waals surface area (Å²) in [6.07, 6.45) is 0. The number of nitrogens with zero attached hydrogens (tertiary/aromatic N) is 1. The molecule has 0 aromatic carbocycles. The molecule has 0 saturated carbocycles. The van der Waals surface area contributed by atoms with Gasteiger partial charge in [-0.25, -0.2) is 0 Å². The molecule has 0 aromatic rings. The van der Waals surface area contributed by atoms with Crippen molar-refractivity contribution in [3.63, 3.8) is 0 Å². The number of nitriles is 1. The molecule has 0 saturated heterocycles. The molecule has 4 N–H and O–H groups in total. The first-order chi connectivity index (χ1) is 3.27. The van der Waals surface area contributed by atoms with Crippen molar-refractivity contribution in [3.05, 3.63) is 0 Å². The van der Waals surface area contributed by atoms with E-state index in [1.54, 1.807) is 5.40 Å². The van der Waals surface area contributed by atoms with Crippen LogP contribution in [0.25, 0.3) is 0 Å². The molecule has 9 heavy (non-hydrogen) atoms. The quantitative estimate of drug-likeness (QED) is 0.193. The van der Waals surface area contributed by atoms with Crippen LogP contribution in [0.2, 0.25) is 0 Å². The van der Waals surface area contributed by atoms with E-state index in [1.807, 2.05) is 0 Å². The van der Waals surface area contributed by atoms with Gasteiger partial charge in [0.25, 0.3) is 0 Å². The van der Waals surface area contributed by atoms with Crippen LogP contribution in [0.3, 0.4) is 0 Å². The molecule has 0 heterocycles. The van der Waals surface area contributed by atoms with Gasteiger partial charge >= 0.3 is 68.9 Å². The van der Waals surface area contributed by atoms with Crippen LogP contribution in [0.5, 0.6) is 0 Å². The fourth-order valence-electron chi connectivity index (χ4n) is 0.0778. The standard InChI is InChI=1S/C2H4N4S.ClH.Cs/c3-1-7-6-2(4)5;;/h(H4,4,5,6);1H;/q;;+1/p-1. The van der Waals surface area contributed by atoms with Gasteiger partial charge < -0.3 is 18.1 Å². The maximum absolute atomic E-state index is 7.81. The molecular formula is C2H4ClCsN4S. The van der Waals surface area contributed by atoms with Crippen LogP contribution in [-0.2, 0) is 0 Å². The van der Waals surface area contributed by atoms with Crippen LogP contribution in [0.4, 0.5) is 0 Å². The molecule has 7 heteroatoms. The fourth-order valence-corrected chi connectivity index (χ4v) is 0.233. The van der Waals surface area contributed by atoms with E-state index in [4.69, 9.17) is 16.4 Å². The third-order valence-corrected chi connectivity index (χ3v) is 0.620. The zero-order valence-corrected chi connectivity index (χ0v) is 12.7. The molecule has 0 bridgehead atoms. The number of rotatable bonds is 1. The van der Waals surface area contributed by atoms with Gasteiger partial charge in [-0.05, 0) is 0 Å². The van der Waals surface area contributed by atoms with Gasteiger partial charge in [0.15, 0.2) is 11.4 Å². The maximum atomic E-state index is 7.81. The molecular weight excluding hydrogens is 280 g/mol. The van der Waals surface area contributed by atoms with Gasteiger partial charge in [0, 0.05) is 0 Å². The summed E-state index contributed by atoms with van der Waals surface area (Å²) in [6.45, 7) is 0. The van der Waals surface area contributed by atoms with E-state index < -0.39 is 0 Å². The number of nitrogens with two attached hydrogens (primary N) is 1. The van der Waals surface area contributed by atoms with Crippen molar-refractivity contribution < 1.29 is 81.3 Å². The number of halogens is 1. The average Bonchev–Trinajstić information content (AvgIpc) is 1.61. The molecule has 0 spiro atoms. The molecule has 0 atom stereocenters. The monoisotopic (exact) mass is 284 g/mol. The second-order valence-corrected chi connectivity index (χ2v) is 1.30. The van der Waals surface area contributed by atoms with E-state index >= 15 is 0 Å². The Kier molecular flexibility index (Phi) is 22.7. The van der Waals surface area contributed by atoms with Crippen molar-refractivity contribution in [2.24, 2.45) is 5.73 Å². The molecule has 0 aromatic heterocycles. The van der Waals surface area contributed by atoms with Gasteiger partial charge in [0.1, 0.15) is 0 Å². The van der Waals surface area contributed by atoms with Crippen molar-refractivity contribution in [2.75, 3.05) is 0 Å². The average molecular weight is 285 g/mol. The minimum atomic E-state index is -0.202. The largest absolute Gasteiger partial charge is 1.00 e. The van der Waals surface area contributed by atoms with E-state index in [-0.39, 0.29) is 87.3 Å². The summed E-state index contributed by atoms with van der Waals surface area (Å²) in [5.41, 5.74) is 4.78. The third kappa shape index (κ3) is 17.7. The Balaban J connectivity index is -0.000000180. The Bertz CT molecular complexity index is 112. The molecule has 0 unspecified atom stereocenters. The van der Waals surface area contributed by atoms with E-state index in [0.717, 1.165) is 11.9 Å². The number of hydrogen-bond donors (Lipinski definition) is 3. The van der Waals surface area contributed by atoms with Crippen molar-refractivity contribution in [1.82, 2.24) is 4.72 Å². The Morgan fingerprint density at radius 2 is 2.22 bits per heavy atom. The molecule has 0 radical (unpaired) electrons. The first kappa shape index (κ1) is 16.8. The van der Waals surface area contributed by atoms with Crippen LogP contribution >= 0.6 is 11.9 Å². The van der Waals surface area contributed by atoms with Crippen molar-refractivity contribution >= 4 is 17.9 Å². The third-order valence-electron chi connectivity index (χ3n) is 0.207. The van der Waals surface area contributed by atoms with E-state index in [2.05, 4.69) is 4.72 Å². The number of guanidine groups is 1. The molecule has 0 aliphatic heterocycles. The van der Waals surface area contributed by atoms with Gasteiger partial charge in [-0.3, -0.25) is 10.1 Å². The zero-order chi connectivity index (χ0) is 5.70. The first-order valence-electron chi connectivity index (χ1n) is 1.42. The summed E-state index contributed by atoms with van der Waals surface area (Å²) in [5.74, 6) is -0.202. The number of nitrogens with one attached hydrogen (secondary N) is 2. The molecule has 0 fully saturated rings. The van der Waals surface area contributed by atoms with Crippen molar-refractivity contribution in [3.8, 4) is 5.40 Å².